The van der Waals surface area contributed by atoms with Crippen molar-refractivity contribution in [2.45, 2.75) is 38.6 Å². The Morgan fingerprint density at radius 2 is 1.81 bits per heavy atom. The van der Waals surface area contributed by atoms with Gasteiger partial charge >= 0.3 is 0 Å². The Labute approximate surface area is 126 Å². The first-order valence-corrected chi connectivity index (χ1v) is 8.07. The third kappa shape index (κ3) is 3.36. The maximum absolute atomic E-state index is 13.3. The fourth-order valence-electron chi connectivity index (χ4n) is 2.63. The summed E-state index contributed by atoms with van der Waals surface area (Å²) in [6.45, 7) is 4.24. The van der Waals surface area contributed by atoms with Gasteiger partial charge in [-0.3, -0.25) is 4.79 Å². The van der Waals surface area contributed by atoms with Gasteiger partial charge < -0.3 is 4.90 Å². The van der Waals surface area contributed by atoms with Crippen molar-refractivity contribution in [3.63, 3.8) is 0 Å². The summed E-state index contributed by atoms with van der Waals surface area (Å²) in [7, 11) is 0. The lowest BCUT2D eigenvalue weighted by Gasteiger charge is -2.30. The van der Waals surface area contributed by atoms with Crippen molar-refractivity contribution in [1.29, 1.82) is 0 Å². The van der Waals surface area contributed by atoms with Gasteiger partial charge in [-0.15, -0.1) is 11.8 Å². The van der Waals surface area contributed by atoms with Crippen LogP contribution in [0.4, 0.5) is 13.2 Å². The molecule has 0 bridgehead atoms. The van der Waals surface area contributed by atoms with E-state index in [1.165, 1.54) is 0 Å². The molecule has 0 N–H and O–H groups in total. The van der Waals surface area contributed by atoms with Crippen LogP contribution in [-0.2, 0) is 11.3 Å². The zero-order valence-electron chi connectivity index (χ0n) is 12.0. The highest BCUT2D eigenvalue weighted by Crippen LogP contribution is 2.35. The second-order valence-corrected chi connectivity index (χ2v) is 6.28. The van der Waals surface area contributed by atoms with Crippen LogP contribution in [0.2, 0.25) is 0 Å². The van der Waals surface area contributed by atoms with E-state index in [1.807, 2.05) is 0 Å². The molecule has 0 aliphatic carbocycles. The molecule has 6 heteroatoms. The predicted octanol–water partition coefficient (Wildman–Crippen LogP) is 3.94. The molecule has 1 heterocycles. The first-order valence-electron chi connectivity index (χ1n) is 7.02. The summed E-state index contributed by atoms with van der Waals surface area (Å²) in [4.78, 5) is 13.7. The molecule has 2 rings (SSSR count). The van der Waals surface area contributed by atoms with Crippen LogP contribution in [-0.4, -0.2) is 21.9 Å². The topological polar surface area (TPSA) is 20.3 Å². The predicted molar refractivity (Wildman–Crippen MR) is 77.2 cm³/mol. The first-order chi connectivity index (χ1) is 9.97. The van der Waals surface area contributed by atoms with Crippen LogP contribution < -0.4 is 0 Å². The van der Waals surface area contributed by atoms with Gasteiger partial charge in [0.2, 0.25) is 5.91 Å². The molecule has 1 aliphatic heterocycles. The average molecular weight is 317 g/mol. The maximum atomic E-state index is 13.3. The van der Waals surface area contributed by atoms with Crippen LogP contribution in [0.3, 0.4) is 0 Å². The van der Waals surface area contributed by atoms with Gasteiger partial charge in [0.15, 0.2) is 17.5 Å². The van der Waals surface area contributed by atoms with Crippen LogP contribution >= 0.6 is 11.8 Å². The van der Waals surface area contributed by atoms with Gasteiger partial charge in [0, 0.05) is 6.54 Å². The second kappa shape index (κ2) is 6.73. The molecule has 0 spiro atoms. The third-order valence-corrected chi connectivity index (χ3v) is 5.25. The molecule has 0 radical (unpaired) electrons. The molecule has 0 aromatic heterocycles. The van der Waals surface area contributed by atoms with E-state index in [2.05, 4.69) is 13.8 Å². The molecule has 1 aromatic carbocycles. The SMILES string of the molecule is CCC(CC)C1SCC(=O)N1Cc1cc(F)c(F)c(F)c1. The minimum absolute atomic E-state index is 0.0173. The average Bonchev–Trinajstić information content (AvgIpc) is 2.80. The maximum Gasteiger partial charge on any atom is 0.233 e. The number of carbonyl (C=O) groups excluding carboxylic acids is 1. The van der Waals surface area contributed by atoms with Gasteiger partial charge in [0.25, 0.3) is 0 Å². The van der Waals surface area contributed by atoms with Crippen molar-refractivity contribution < 1.29 is 18.0 Å². The van der Waals surface area contributed by atoms with Crippen molar-refractivity contribution in [1.82, 2.24) is 4.90 Å². The fraction of sp³-hybridized carbons (Fsp3) is 0.533. The number of amides is 1. The lowest BCUT2D eigenvalue weighted by molar-refractivity contribution is -0.129. The minimum Gasteiger partial charge on any atom is -0.325 e. The summed E-state index contributed by atoms with van der Waals surface area (Å²) in [5.41, 5.74) is 0.276. The molecule has 2 nitrogen and oxygen atoms in total. The number of halogens is 3. The smallest absolute Gasteiger partial charge is 0.233 e. The Bertz CT molecular complexity index is 511. The Hall–Kier alpha value is -1.17. The summed E-state index contributed by atoms with van der Waals surface area (Å²) < 4.78 is 39.5. The zero-order valence-corrected chi connectivity index (χ0v) is 12.9. The van der Waals surface area contributed by atoms with Crippen molar-refractivity contribution in [2.24, 2.45) is 5.92 Å². The molecule has 1 unspecified atom stereocenters. The highest BCUT2D eigenvalue weighted by molar-refractivity contribution is 8.01. The number of nitrogens with zero attached hydrogens (tertiary/aromatic N) is 1. The van der Waals surface area contributed by atoms with Crippen LogP contribution in [0.25, 0.3) is 0 Å². The molecular formula is C15H18F3NOS. The summed E-state index contributed by atoms with van der Waals surface area (Å²) in [6, 6.07) is 1.91. The molecule has 1 fully saturated rings. The van der Waals surface area contributed by atoms with Crippen LogP contribution in [0.1, 0.15) is 32.3 Å². The summed E-state index contributed by atoms with van der Waals surface area (Å²) in [5.74, 6) is -3.23. The van der Waals surface area contributed by atoms with Crippen molar-refractivity contribution in [2.75, 3.05) is 5.75 Å². The summed E-state index contributed by atoms with van der Waals surface area (Å²) in [6.07, 6.45) is 1.87. The van der Waals surface area contributed by atoms with Gasteiger partial charge in [-0.2, -0.15) is 0 Å². The Kier molecular flexibility index (Phi) is 5.19. The number of benzene rings is 1. The van der Waals surface area contributed by atoms with E-state index in [1.54, 1.807) is 16.7 Å². The van der Waals surface area contributed by atoms with E-state index >= 15 is 0 Å². The second-order valence-electron chi connectivity index (χ2n) is 5.17. The molecule has 1 aliphatic rings. The van der Waals surface area contributed by atoms with Gasteiger partial charge in [-0.25, -0.2) is 13.2 Å². The number of carbonyl (C=O) groups is 1. The highest BCUT2D eigenvalue weighted by atomic mass is 32.2. The Balaban J connectivity index is 2.21. The standard InChI is InChI=1S/C15H18F3NOS/c1-3-10(4-2)15-19(13(20)8-21-15)7-9-5-11(16)14(18)12(17)6-9/h5-6,10,15H,3-4,7-8H2,1-2H3. The normalized spacial score (nSPS) is 18.9. The number of hydrogen-bond acceptors (Lipinski definition) is 2. The largest absolute Gasteiger partial charge is 0.325 e. The molecule has 116 valence electrons. The molecule has 1 saturated heterocycles. The van der Waals surface area contributed by atoms with Gasteiger partial charge in [0.1, 0.15) is 0 Å². The minimum atomic E-state index is -1.47. The Morgan fingerprint density at radius 1 is 1.24 bits per heavy atom. The molecule has 0 saturated carbocycles. The lowest BCUT2D eigenvalue weighted by atomic mass is 10.0. The molecule has 1 aromatic rings. The van der Waals surface area contributed by atoms with E-state index in [0.29, 0.717) is 11.7 Å². The van der Waals surface area contributed by atoms with Gasteiger partial charge in [-0.05, 0) is 23.6 Å². The summed E-state index contributed by atoms with van der Waals surface area (Å²) in [5, 5.41) is 0.0173. The van der Waals surface area contributed by atoms with Crippen LogP contribution in [0, 0.1) is 23.4 Å². The quantitative estimate of drug-likeness (QED) is 0.767. The Morgan fingerprint density at radius 3 is 2.33 bits per heavy atom. The van der Waals surface area contributed by atoms with Gasteiger partial charge in [0.05, 0.1) is 11.1 Å². The van der Waals surface area contributed by atoms with Crippen molar-refractivity contribution in [3.8, 4) is 0 Å². The third-order valence-electron chi connectivity index (χ3n) is 3.85. The lowest BCUT2D eigenvalue weighted by Crippen LogP contribution is -2.36. The summed E-state index contributed by atoms with van der Waals surface area (Å²) >= 11 is 1.56. The molecule has 1 atom stereocenters. The van der Waals surface area contributed by atoms with E-state index < -0.39 is 17.5 Å². The number of hydrogen-bond donors (Lipinski definition) is 0. The van der Waals surface area contributed by atoms with Gasteiger partial charge in [-0.1, -0.05) is 26.7 Å². The van der Waals surface area contributed by atoms with E-state index in [9.17, 15) is 18.0 Å². The highest BCUT2D eigenvalue weighted by Gasteiger charge is 2.35. The van der Waals surface area contributed by atoms with Crippen molar-refractivity contribution in [3.05, 3.63) is 35.1 Å². The molecule has 1 amide bonds. The monoisotopic (exact) mass is 317 g/mol. The number of rotatable bonds is 5. The van der Waals surface area contributed by atoms with E-state index in [-0.39, 0.29) is 23.4 Å². The molecular weight excluding hydrogens is 299 g/mol. The van der Waals surface area contributed by atoms with Crippen LogP contribution in [0.15, 0.2) is 12.1 Å². The fourth-order valence-corrected chi connectivity index (χ4v) is 4.14. The zero-order chi connectivity index (χ0) is 15.6. The van der Waals surface area contributed by atoms with E-state index in [0.717, 1.165) is 25.0 Å². The van der Waals surface area contributed by atoms with Crippen molar-refractivity contribution >= 4 is 17.7 Å². The first kappa shape index (κ1) is 16.2. The molecule has 21 heavy (non-hydrogen) atoms. The van der Waals surface area contributed by atoms with Crippen LogP contribution in [0.5, 0.6) is 0 Å². The van der Waals surface area contributed by atoms with E-state index in [4.69, 9.17) is 0 Å². The number of thioether (sulfide) groups is 1.